The number of nitrogens with zero attached hydrogens (tertiary/aromatic N) is 3. The monoisotopic (exact) mass is 293 g/mol. The average Bonchev–Trinajstić information content (AvgIpc) is 2.94. The van der Waals surface area contributed by atoms with E-state index in [0.717, 1.165) is 38.0 Å². The fraction of sp³-hybridized carbons (Fsp3) is 0.667. The molecule has 2 heterocycles. The van der Waals surface area contributed by atoms with Gasteiger partial charge in [-0.3, -0.25) is 9.59 Å². The summed E-state index contributed by atoms with van der Waals surface area (Å²) in [7, 11) is 1.73. The van der Waals surface area contributed by atoms with Crippen LogP contribution >= 0.6 is 0 Å². The fourth-order valence-electron chi connectivity index (χ4n) is 2.44. The van der Waals surface area contributed by atoms with Crippen LogP contribution in [0.3, 0.4) is 0 Å². The number of amides is 2. The van der Waals surface area contributed by atoms with Crippen molar-refractivity contribution in [1.82, 2.24) is 15.0 Å². The number of aromatic nitrogens is 1. The van der Waals surface area contributed by atoms with Crippen molar-refractivity contribution in [2.45, 2.75) is 39.0 Å². The molecule has 6 heteroatoms. The van der Waals surface area contributed by atoms with Crippen molar-refractivity contribution in [3.05, 3.63) is 17.5 Å². The summed E-state index contributed by atoms with van der Waals surface area (Å²) in [5, 5.41) is 3.82. The fourth-order valence-corrected chi connectivity index (χ4v) is 2.44. The molecular weight excluding hydrogens is 270 g/mol. The van der Waals surface area contributed by atoms with Crippen molar-refractivity contribution in [2.24, 2.45) is 0 Å². The SMILES string of the molecule is CCCc1cc(C(=O)N(C)CCN2CCCCC2=O)no1. The number of aryl methyl sites for hydroxylation is 1. The van der Waals surface area contributed by atoms with E-state index in [1.54, 1.807) is 18.0 Å². The third-order valence-electron chi connectivity index (χ3n) is 3.75. The number of hydrogen-bond donors (Lipinski definition) is 0. The third-order valence-corrected chi connectivity index (χ3v) is 3.75. The smallest absolute Gasteiger partial charge is 0.275 e. The normalized spacial score (nSPS) is 15.3. The van der Waals surface area contributed by atoms with Crippen molar-refractivity contribution in [1.29, 1.82) is 0 Å². The second kappa shape index (κ2) is 7.24. The van der Waals surface area contributed by atoms with Crippen LogP contribution in [0.15, 0.2) is 10.6 Å². The molecule has 0 aliphatic carbocycles. The molecule has 0 aromatic carbocycles. The number of carbonyl (C=O) groups excluding carboxylic acids is 2. The third kappa shape index (κ3) is 4.06. The number of hydrogen-bond acceptors (Lipinski definition) is 4. The maximum absolute atomic E-state index is 12.2. The standard InChI is InChI=1S/C15H23N3O3/c1-3-6-12-11-13(16-21-12)15(20)17(2)9-10-18-8-5-4-7-14(18)19/h11H,3-10H2,1-2H3. The number of likely N-dealkylation sites (tertiary alicyclic amines) is 1. The van der Waals surface area contributed by atoms with Crippen LogP contribution in [-0.4, -0.2) is 53.5 Å². The topological polar surface area (TPSA) is 66.7 Å². The number of rotatable bonds is 6. The number of likely N-dealkylation sites (N-methyl/N-ethyl adjacent to an activating group) is 1. The van der Waals surface area contributed by atoms with Gasteiger partial charge in [-0.05, 0) is 19.3 Å². The number of carbonyl (C=O) groups is 2. The van der Waals surface area contributed by atoms with E-state index >= 15 is 0 Å². The van der Waals surface area contributed by atoms with E-state index in [2.05, 4.69) is 5.16 Å². The second-order valence-electron chi connectivity index (χ2n) is 5.49. The van der Waals surface area contributed by atoms with Crippen LogP contribution in [0, 0.1) is 0 Å². The van der Waals surface area contributed by atoms with Gasteiger partial charge in [0.2, 0.25) is 5.91 Å². The Morgan fingerprint density at radius 1 is 1.48 bits per heavy atom. The minimum atomic E-state index is -0.162. The first-order valence-corrected chi connectivity index (χ1v) is 7.60. The molecule has 1 fully saturated rings. The predicted molar refractivity (Wildman–Crippen MR) is 77.9 cm³/mol. The van der Waals surface area contributed by atoms with Gasteiger partial charge in [0.1, 0.15) is 5.76 Å². The molecule has 0 bridgehead atoms. The minimum Gasteiger partial charge on any atom is -0.361 e. The van der Waals surface area contributed by atoms with E-state index in [1.807, 2.05) is 11.8 Å². The molecule has 0 saturated carbocycles. The number of piperidine rings is 1. The van der Waals surface area contributed by atoms with Crippen molar-refractivity contribution >= 4 is 11.8 Å². The Morgan fingerprint density at radius 2 is 2.29 bits per heavy atom. The van der Waals surface area contributed by atoms with Crippen LogP contribution < -0.4 is 0 Å². The lowest BCUT2D eigenvalue weighted by atomic mass is 10.1. The maximum atomic E-state index is 12.2. The van der Waals surface area contributed by atoms with Gasteiger partial charge in [-0.2, -0.15) is 0 Å². The summed E-state index contributed by atoms with van der Waals surface area (Å²) in [6.07, 6.45) is 4.39. The van der Waals surface area contributed by atoms with Gasteiger partial charge in [-0.1, -0.05) is 12.1 Å². The van der Waals surface area contributed by atoms with Crippen LogP contribution in [0.5, 0.6) is 0 Å². The molecule has 0 radical (unpaired) electrons. The highest BCUT2D eigenvalue weighted by Gasteiger charge is 2.21. The lowest BCUT2D eigenvalue weighted by molar-refractivity contribution is -0.133. The zero-order valence-corrected chi connectivity index (χ0v) is 12.8. The Bertz CT molecular complexity index is 498. The van der Waals surface area contributed by atoms with Crippen molar-refractivity contribution < 1.29 is 14.1 Å². The highest BCUT2D eigenvalue weighted by Crippen LogP contribution is 2.11. The Morgan fingerprint density at radius 3 is 3.00 bits per heavy atom. The summed E-state index contributed by atoms with van der Waals surface area (Å²) in [6, 6.07) is 1.70. The molecule has 116 valence electrons. The van der Waals surface area contributed by atoms with Gasteiger partial charge in [0.15, 0.2) is 5.69 Å². The zero-order valence-electron chi connectivity index (χ0n) is 12.8. The quantitative estimate of drug-likeness (QED) is 0.801. The first-order valence-electron chi connectivity index (χ1n) is 7.60. The van der Waals surface area contributed by atoms with E-state index in [0.29, 0.717) is 25.2 Å². The van der Waals surface area contributed by atoms with Crippen LogP contribution in [-0.2, 0) is 11.2 Å². The van der Waals surface area contributed by atoms with Crippen molar-refractivity contribution in [3.63, 3.8) is 0 Å². The molecule has 21 heavy (non-hydrogen) atoms. The lowest BCUT2D eigenvalue weighted by Crippen LogP contribution is -2.41. The van der Waals surface area contributed by atoms with Crippen LogP contribution in [0.2, 0.25) is 0 Å². The highest BCUT2D eigenvalue weighted by molar-refractivity contribution is 5.92. The van der Waals surface area contributed by atoms with Crippen molar-refractivity contribution in [2.75, 3.05) is 26.7 Å². The highest BCUT2D eigenvalue weighted by atomic mass is 16.5. The van der Waals surface area contributed by atoms with Gasteiger partial charge < -0.3 is 14.3 Å². The molecule has 1 aromatic rings. The maximum Gasteiger partial charge on any atom is 0.275 e. The molecule has 0 N–H and O–H groups in total. The van der Waals surface area contributed by atoms with Crippen LogP contribution in [0.25, 0.3) is 0 Å². The molecule has 1 aliphatic rings. The van der Waals surface area contributed by atoms with E-state index in [9.17, 15) is 9.59 Å². The van der Waals surface area contributed by atoms with E-state index in [4.69, 9.17) is 4.52 Å². The predicted octanol–water partition coefficient (Wildman–Crippen LogP) is 1.71. The van der Waals surface area contributed by atoms with Gasteiger partial charge in [0, 0.05) is 45.6 Å². The van der Waals surface area contributed by atoms with Gasteiger partial charge in [-0.15, -0.1) is 0 Å². The molecule has 1 aliphatic heterocycles. The van der Waals surface area contributed by atoms with Crippen molar-refractivity contribution in [3.8, 4) is 0 Å². The Labute approximate surface area is 125 Å². The summed E-state index contributed by atoms with van der Waals surface area (Å²) >= 11 is 0. The Kier molecular flexibility index (Phi) is 5.36. The first kappa shape index (κ1) is 15.5. The Hall–Kier alpha value is -1.85. The molecule has 6 nitrogen and oxygen atoms in total. The summed E-state index contributed by atoms with van der Waals surface area (Å²) in [4.78, 5) is 27.4. The first-order chi connectivity index (χ1) is 10.1. The Balaban J connectivity index is 1.85. The summed E-state index contributed by atoms with van der Waals surface area (Å²) in [6.45, 7) is 3.94. The molecule has 1 saturated heterocycles. The van der Waals surface area contributed by atoms with Crippen LogP contribution in [0.1, 0.15) is 48.9 Å². The van der Waals surface area contributed by atoms with E-state index in [1.165, 1.54) is 0 Å². The zero-order chi connectivity index (χ0) is 15.2. The molecule has 0 atom stereocenters. The van der Waals surface area contributed by atoms with Gasteiger partial charge in [0.25, 0.3) is 5.91 Å². The molecule has 0 unspecified atom stereocenters. The van der Waals surface area contributed by atoms with Gasteiger partial charge in [0.05, 0.1) is 0 Å². The molecule has 0 spiro atoms. The molecule has 1 aromatic heterocycles. The average molecular weight is 293 g/mol. The van der Waals surface area contributed by atoms with Crippen LogP contribution in [0.4, 0.5) is 0 Å². The summed E-state index contributed by atoms with van der Waals surface area (Å²) in [5.74, 6) is 0.764. The molecular formula is C15H23N3O3. The van der Waals surface area contributed by atoms with E-state index in [-0.39, 0.29) is 11.8 Å². The molecule has 2 rings (SSSR count). The minimum absolute atomic E-state index is 0.162. The van der Waals surface area contributed by atoms with Gasteiger partial charge in [-0.25, -0.2) is 0 Å². The molecule has 2 amide bonds. The van der Waals surface area contributed by atoms with Gasteiger partial charge >= 0.3 is 0 Å². The summed E-state index contributed by atoms with van der Waals surface area (Å²) < 4.78 is 5.13. The largest absolute Gasteiger partial charge is 0.361 e. The van der Waals surface area contributed by atoms with E-state index < -0.39 is 0 Å². The second-order valence-corrected chi connectivity index (χ2v) is 5.49. The lowest BCUT2D eigenvalue weighted by Gasteiger charge is -2.28. The summed E-state index contributed by atoms with van der Waals surface area (Å²) in [5.41, 5.74) is 0.339.